The Labute approximate surface area is 115 Å². The van der Waals surface area contributed by atoms with Crippen LogP contribution < -0.4 is 10.1 Å². The van der Waals surface area contributed by atoms with Crippen LogP contribution in [-0.4, -0.2) is 0 Å². The molecule has 1 heterocycles. The first-order chi connectivity index (χ1) is 8.84. The Bertz CT molecular complexity index is 568. The van der Waals surface area contributed by atoms with Gasteiger partial charge in [0, 0.05) is 13.1 Å². The van der Waals surface area contributed by atoms with Gasteiger partial charge in [0.05, 0.1) is 4.47 Å². The number of hydrogen-bond acceptors (Lipinski definition) is 2. The molecular formula is C15H14BrNO. The first kappa shape index (κ1) is 11.8. The lowest BCUT2D eigenvalue weighted by Gasteiger charge is -2.11. The van der Waals surface area contributed by atoms with Crippen molar-refractivity contribution in [3.8, 4) is 5.75 Å². The van der Waals surface area contributed by atoms with Gasteiger partial charge in [0.2, 0.25) is 0 Å². The lowest BCUT2D eigenvalue weighted by Crippen LogP contribution is -2.03. The summed E-state index contributed by atoms with van der Waals surface area (Å²) in [5, 5.41) is 3.37. The lowest BCUT2D eigenvalue weighted by molar-refractivity contribution is 0.303. The van der Waals surface area contributed by atoms with Crippen LogP contribution in [0.3, 0.4) is 0 Å². The molecule has 92 valence electrons. The third-order valence-electron chi connectivity index (χ3n) is 3.21. The number of hydrogen-bond donors (Lipinski definition) is 1. The van der Waals surface area contributed by atoms with E-state index in [0.717, 1.165) is 23.3 Å². The Hall–Kier alpha value is -1.32. The van der Waals surface area contributed by atoms with Gasteiger partial charge in [-0.05, 0) is 44.8 Å². The summed E-state index contributed by atoms with van der Waals surface area (Å²) in [6.07, 6.45) is 0. The molecule has 1 N–H and O–H groups in total. The third kappa shape index (κ3) is 2.28. The second-order valence-electron chi connectivity index (χ2n) is 4.38. The molecule has 2 nitrogen and oxygen atoms in total. The molecule has 2 aromatic carbocycles. The van der Waals surface area contributed by atoms with Gasteiger partial charge in [-0.2, -0.15) is 0 Å². The number of ether oxygens (including phenoxy) is 1. The van der Waals surface area contributed by atoms with E-state index in [-0.39, 0.29) is 0 Å². The molecule has 0 fully saturated rings. The molecular weight excluding hydrogens is 290 g/mol. The van der Waals surface area contributed by atoms with Gasteiger partial charge in [-0.15, -0.1) is 0 Å². The van der Waals surface area contributed by atoms with Crippen molar-refractivity contribution in [1.29, 1.82) is 0 Å². The number of benzene rings is 2. The normalized spacial score (nSPS) is 13.4. The van der Waals surface area contributed by atoms with Crippen LogP contribution in [0, 0.1) is 0 Å². The summed E-state index contributed by atoms with van der Waals surface area (Å²) >= 11 is 3.49. The van der Waals surface area contributed by atoms with Gasteiger partial charge in [0.25, 0.3) is 0 Å². The summed E-state index contributed by atoms with van der Waals surface area (Å²) in [5.74, 6) is 0.890. The summed E-state index contributed by atoms with van der Waals surface area (Å²) in [6, 6.07) is 14.4. The van der Waals surface area contributed by atoms with Crippen molar-refractivity contribution in [2.75, 3.05) is 0 Å². The maximum Gasteiger partial charge on any atom is 0.133 e. The van der Waals surface area contributed by atoms with Crippen LogP contribution >= 0.6 is 15.9 Å². The van der Waals surface area contributed by atoms with Gasteiger partial charge < -0.3 is 10.1 Å². The van der Waals surface area contributed by atoms with E-state index >= 15 is 0 Å². The number of para-hydroxylation sites is 1. The first-order valence-corrected chi connectivity index (χ1v) is 6.81. The summed E-state index contributed by atoms with van der Waals surface area (Å²) in [7, 11) is 0. The van der Waals surface area contributed by atoms with Gasteiger partial charge in [0.1, 0.15) is 12.4 Å². The highest BCUT2D eigenvalue weighted by atomic mass is 79.9. The second kappa shape index (κ2) is 5.12. The van der Waals surface area contributed by atoms with E-state index in [0.29, 0.717) is 6.61 Å². The Morgan fingerprint density at radius 1 is 1.06 bits per heavy atom. The fraction of sp³-hybridized carbons (Fsp3) is 0.200. The van der Waals surface area contributed by atoms with Gasteiger partial charge in [-0.3, -0.25) is 0 Å². The van der Waals surface area contributed by atoms with Crippen LogP contribution in [0.1, 0.15) is 16.7 Å². The van der Waals surface area contributed by atoms with Crippen LogP contribution in [0.2, 0.25) is 0 Å². The Morgan fingerprint density at radius 3 is 2.83 bits per heavy atom. The van der Waals surface area contributed by atoms with E-state index in [2.05, 4.69) is 39.4 Å². The van der Waals surface area contributed by atoms with E-state index < -0.39 is 0 Å². The van der Waals surface area contributed by atoms with E-state index in [9.17, 15) is 0 Å². The molecule has 0 aromatic heterocycles. The Morgan fingerprint density at radius 2 is 1.94 bits per heavy atom. The largest absolute Gasteiger partial charge is 0.488 e. The zero-order valence-electron chi connectivity index (χ0n) is 9.95. The summed E-state index contributed by atoms with van der Waals surface area (Å²) in [5.41, 5.74) is 4.06. The molecule has 3 rings (SSSR count). The highest BCUT2D eigenvalue weighted by Crippen LogP contribution is 2.26. The monoisotopic (exact) mass is 303 g/mol. The molecule has 0 atom stereocenters. The van der Waals surface area contributed by atoms with E-state index in [1.807, 2.05) is 24.3 Å². The van der Waals surface area contributed by atoms with Gasteiger partial charge in [-0.25, -0.2) is 0 Å². The van der Waals surface area contributed by atoms with Crippen LogP contribution in [0.25, 0.3) is 0 Å². The van der Waals surface area contributed by atoms with Crippen molar-refractivity contribution < 1.29 is 4.74 Å². The molecule has 0 unspecified atom stereocenters. The molecule has 2 aromatic rings. The molecule has 0 bridgehead atoms. The van der Waals surface area contributed by atoms with Crippen molar-refractivity contribution >= 4 is 15.9 Å². The van der Waals surface area contributed by atoms with Crippen molar-refractivity contribution in [3.05, 3.63) is 63.6 Å². The first-order valence-electron chi connectivity index (χ1n) is 6.02. The van der Waals surface area contributed by atoms with Crippen molar-refractivity contribution in [3.63, 3.8) is 0 Å². The van der Waals surface area contributed by atoms with Crippen molar-refractivity contribution in [2.24, 2.45) is 0 Å². The minimum absolute atomic E-state index is 0.619. The Balaban J connectivity index is 1.78. The third-order valence-corrected chi connectivity index (χ3v) is 3.86. The van der Waals surface area contributed by atoms with Crippen LogP contribution in [-0.2, 0) is 19.7 Å². The maximum atomic E-state index is 5.87. The predicted octanol–water partition coefficient (Wildman–Crippen LogP) is 3.63. The highest BCUT2D eigenvalue weighted by molar-refractivity contribution is 9.10. The van der Waals surface area contributed by atoms with E-state index in [1.54, 1.807) is 0 Å². The average Bonchev–Trinajstić information content (AvgIpc) is 2.86. The molecule has 0 amide bonds. The minimum Gasteiger partial charge on any atom is -0.488 e. The fourth-order valence-corrected chi connectivity index (χ4v) is 2.65. The predicted molar refractivity (Wildman–Crippen MR) is 75.5 cm³/mol. The molecule has 0 saturated carbocycles. The molecule has 18 heavy (non-hydrogen) atoms. The topological polar surface area (TPSA) is 21.3 Å². The highest BCUT2D eigenvalue weighted by Gasteiger charge is 2.13. The molecule has 0 aliphatic carbocycles. The lowest BCUT2D eigenvalue weighted by atomic mass is 10.0. The second-order valence-corrected chi connectivity index (χ2v) is 5.23. The molecule has 3 heteroatoms. The van der Waals surface area contributed by atoms with Crippen molar-refractivity contribution in [1.82, 2.24) is 5.32 Å². The maximum absolute atomic E-state index is 5.87. The standard InChI is InChI=1S/C15H14BrNO/c16-14-6-1-2-7-15(14)18-10-12-5-3-4-11-8-17-9-13(11)12/h1-7,17H,8-10H2. The summed E-state index contributed by atoms with van der Waals surface area (Å²) in [4.78, 5) is 0. The van der Waals surface area contributed by atoms with Crippen molar-refractivity contribution in [2.45, 2.75) is 19.7 Å². The molecule has 0 saturated heterocycles. The summed E-state index contributed by atoms with van der Waals surface area (Å²) in [6.45, 7) is 2.54. The van der Waals surface area contributed by atoms with E-state index in [4.69, 9.17) is 4.74 Å². The smallest absolute Gasteiger partial charge is 0.133 e. The van der Waals surface area contributed by atoms with Gasteiger partial charge >= 0.3 is 0 Å². The quantitative estimate of drug-likeness (QED) is 0.935. The Kier molecular flexibility index (Phi) is 3.35. The number of fused-ring (bicyclic) bond motifs is 1. The number of nitrogens with one attached hydrogen (secondary N) is 1. The van der Waals surface area contributed by atoms with Crippen LogP contribution in [0.4, 0.5) is 0 Å². The molecule has 0 radical (unpaired) electrons. The minimum atomic E-state index is 0.619. The van der Waals surface area contributed by atoms with Gasteiger partial charge in [-0.1, -0.05) is 30.3 Å². The summed E-state index contributed by atoms with van der Waals surface area (Å²) < 4.78 is 6.87. The molecule has 0 spiro atoms. The number of rotatable bonds is 3. The average molecular weight is 304 g/mol. The van der Waals surface area contributed by atoms with Gasteiger partial charge in [0.15, 0.2) is 0 Å². The molecule has 1 aliphatic rings. The SMILES string of the molecule is Brc1ccccc1OCc1cccc2c1CNC2. The van der Waals surface area contributed by atoms with Crippen LogP contribution in [0.15, 0.2) is 46.9 Å². The van der Waals surface area contributed by atoms with E-state index in [1.165, 1.54) is 16.7 Å². The molecule has 1 aliphatic heterocycles. The fourth-order valence-electron chi connectivity index (χ4n) is 2.26. The zero-order valence-corrected chi connectivity index (χ0v) is 11.5. The zero-order chi connectivity index (χ0) is 12.4. The number of halogens is 1. The van der Waals surface area contributed by atoms with Crippen LogP contribution in [0.5, 0.6) is 5.75 Å².